The highest BCUT2D eigenvalue weighted by atomic mass is 79.9. The van der Waals surface area contributed by atoms with E-state index in [1.165, 1.54) is 0 Å². The van der Waals surface area contributed by atoms with E-state index >= 15 is 0 Å². The van der Waals surface area contributed by atoms with E-state index in [0.717, 1.165) is 33.8 Å². The molecule has 0 aliphatic heterocycles. The second-order valence-corrected chi connectivity index (χ2v) is 5.49. The molecule has 1 aromatic heterocycles. The summed E-state index contributed by atoms with van der Waals surface area (Å²) >= 11 is 9.54. The number of aryl methyl sites for hydroxylation is 1. The van der Waals surface area contributed by atoms with Gasteiger partial charge in [-0.15, -0.1) is 0 Å². The van der Waals surface area contributed by atoms with E-state index in [-0.39, 0.29) is 6.04 Å². The van der Waals surface area contributed by atoms with Gasteiger partial charge in [0, 0.05) is 28.5 Å². The van der Waals surface area contributed by atoms with Crippen LogP contribution in [-0.2, 0) is 13.0 Å². The third kappa shape index (κ3) is 3.35. The van der Waals surface area contributed by atoms with Gasteiger partial charge in [-0.1, -0.05) is 33.6 Å². The minimum absolute atomic E-state index is 0.168. The first-order valence-electron chi connectivity index (χ1n) is 6.14. The van der Waals surface area contributed by atoms with Gasteiger partial charge >= 0.3 is 0 Å². The lowest BCUT2D eigenvalue weighted by atomic mass is 10.0. The highest BCUT2D eigenvalue weighted by Crippen LogP contribution is 2.28. The Morgan fingerprint density at radius 1 is 1.47 bits per heavy atom. The number of hydrogen-bond donors (Lipinski definition) is 1. The van der Waals surface area contributed by atoms with Crippen LogP contribution in [0.4, 0.5) is 0 Å². The molecule has 0 saturated carbocycles. The molecule has 0 aliphatic carbocycles. The van der Waals surface area contributed by atoms with Gasteiger partial charge in [-0.2, -0.15) is 5.10 Å². The van der Waals surface area contributed by atoms with Gasteiger partial charge in [0.05, 0.1) is 0 Å². The largest absolute Gasteiger partial charge is 0.313 e. The van der Waals surface area contributed by atoms with Crippen molar-refractivity contribution in [2.24, 2.45) is 0 Å². The molecule has 0 bridgehead atoms. The quantitative estimate of drug-likeness (QED) is 0.906. The molecule has 0 spiro atoms. The zero-order chi connectivity index (χ0) is 13.8. The first kappa shape index (κ1) is 14.5. The molecule has 0 aliphatic rings. The fourth-order valence-electron chi connectivity index (χ4n) is 2.04. The monoisotopic (exact) mass is 342 g/mol. The highest BCUT2D eigenvalue weighted by Gasteiger charge is 2.16. The lowest BCUT2D eigenvalue weighted by Crippen LogP contribution is -2.21. The van der Waals surface area contributed by atoms with Crippen LogP contribution in [0.5, 0.6) is 0 Å². The molecule has 19 heavy (non-hydrogen) atoms. The van der Waals surface area contributed by atoms with Gasteiger partial charge in [0.25, 0.3) is 0 Å². The first-order chi connectivity index (χ1) is 9.15. The van der Waals surface area contributed by atoms with Crippen molar-refractivity contribution in [3.8, 4) is 0 Å². The molecule has 1 heterocycles. The topological polar surface area (TPSA) is 42.7 Å². The molecule has 0 fully saturated rings. The van der Waals surface area contributed by atoms with Gasteiger partial charge in [0.15, 0.2) is 0 Å². The Balaban J connectivity index is 2.25. The Morgan fingerprint density at radius 3 is 2.89 bits per heavy atom. The molecule has 102 valence electrons. The Labute approximate surface area is 126 Å². The van der Waals surface area contributed by atoms with Crippen molar-refractivity contribution in [3.05, 3.63) is 45.4 Å². The van der Waals surface area contributed by atoms with Crippen LogP contribution in [0.15, 0.2) is 29.0 Å². The van der Waals surface area contributed by atoms with Crippen molar-refractivity contribution in [3.63, 3.8) is 0 Å². The van der Waals surface area contributed by atoms with Crippen molar-refractivity contribution >= 4 is 27.5 Å². The summed E-state index contributed by atoms with van der Waals surface area (Å²) in [4.78, 5) is 4.32. The fraction of sp³-hybridized carbons (Fsp3) is 0.385. The predicted octanol–water partition coefficient (Wildman–Crippen LogP) is 3.22. The SMILES string of the molecule is CCn1ncnc1CC(NC)c1ccc(Cl)cc1Br. The fourth-order valence-corrected chi connectivity index (χ4v) is 3.00. The molecule has 1 aromatic carbocycles. The summed E-state index contributed by atoms with van der Waals surface area (Å²) in [5.74, 6) is 0.976. The molecule has 0 radical (unpaired) electrons. The van der Waals surface area contributed by atoms with Crippen LogP contribution in [0.25, 0.3) is 0 Å². The average molecular weight is 344 g/mol. The van der Waals surface area contributed by atoms with Crippen LogP contribution in [-0.4, -0.2) is 21.8 Å². The van der Waals surface area contributed by atoms with Crippen LogP contribution < -0.4 is 5.32 Å². The standard InChI is InChI=1S/C13H16BrClN4/c1-3-19-13(17-8-18-19)7-12(16-2)10-5-4-9(15)6-11(10)14/h4-6,8,12,16H,3,7H2,1-2H3. The van der Waals surface area contributed by atoms with Crippen molar-refractivity contribution < 1.29 is 0 Å². The van der Waals surface area contributed by atoms with Gasteiger partial charge in [-0.05, 0) is 31.7 Å². The number of halogens is 2. The molecule has 1 N–H and O–H groups in total. The number of nitrogens with zero attached hydrogens (tertiary/aromatic N) is 3. The normalized spacial score (nSPS) is 12.6. The number of aromatic nitrogens is 3. The molecule has 2 aromatic rings. The molecule has 0 amide bonds. The summed E-state index contributed by atoms with van der Waals surface area (Å²) in [6.45, 7) is 2.89. The second kappa shape index (κ2) is 6.50. The number of benzene rings is 1. The van der Waals surface area contributed by atoms with E-state index < -0.39 is 0 Å². The van der Waals surface area contributed by atoms with Crippen molar-refractivity contribution in [2.75, 3.05) is 7.05 Å². The summed E-state index contributed by atoms with van der Waals surface area (Å²) in [6, 6.07) is 6.00. The number of nitrogens with one attached hydrogen (secondary N) is 1. The Morgan fingerprint density at radius 2 is 2.26 bits per heavy atom. The summed E-state index contributed by atoms with van der Waals surface area (Å²) in [6.07, 6.45) is 2.38. The smallest absolute Gasteiger partial charge is 0.138 e. The summed E-state index contributed by atoms with van der Waals surface area (Å²) in [7, 11) is 1.94. The maximum atomic E-state index is 5.98. The van der Waals surface area contributed by atoms with E-state index in [0.29, 0.717) is 0 Å². The summed E-state index contributed by atoms with van der Waals surface area (Å²) in [5, 5.41) is 8.24. The lowest BCUT2D eigenvalue weighted by molar-refractivity contribution is 0.532. The molecular formula is C13H16BrClN4. The van der Waals surface area contributed by atoms with E-state index in [4.69, 9.17) is 11.6 Å². The number of hydrogen-bond acceptors (Lipinski definition) is 3. The third-order valence-corrected chi connectivity index (χ3v) is 3.99. The van der Waals surface area contributed by atoms with Crippen molar-refractivity contribution in [1.82, 2.24) is 20.1 Å². The van der Waals surface area contributed by atoms with Gasteiger partial charge in [-0.3, -0.25) is 4.68 Å². The Kier molecular flexibility index (Phi) is 4.96. The predicted molar refractivity (Wildman–Crippen MR) is 80.4 cm³/mol. The minimum Gasteiger partial charge on any atom is -0.313 e. The molecule has 6 heteroatoms. The molecule has 4 nitrogen and oxygen atoms in total. The van der Waals surface area contributed by atoms with Crippen LogP contribution >= 0.6 is 27.5 Å². The molecule has 2 rings (SSSR count). The zero-order valence-electron chi connectivity index (χ0n) is 10.9. The van der Waals surface area contributed by atoms with Crippen LogP contribution in [0.3, 0.4) is 0 Å². The molecule has 1 atom stereocenters. The van der Waals surface area contributed by atoms with Gasteiger partial charge in [0.2, 0.25) is 0 Å². The second-order valence-electron chi connectivity index (χ2n) is 4.20. The number of likely N-dealkylation sites (N-methyl/N-ethyl adjacent to an activating group) is 1. The van der Waals surface area contributed by atoms with Gasteiger partial charge in [-0.25, -0.2) is 4.98 Å². The maximum Gasteiger partial charge on any atom is 0.138 e. The highest BCUT2D eigenvalue weighted by molar-refractivity contribution is 9.10. The Hall–Kier alpha value is -0.910. The molecular weight excluding hydrogens is 328 g/mol. The first-order valence-corrected chi connectivity index (χ1v) is 7.31. The summed E-state index contributed by atoms with van der Waals surface area (Å²) < 4.78 is 2.91. The van der Waals surface area contributed by atoms with Crippen LogP contribution in [0.2, 0.25) is 5.02 Å². The zero-order valence-corrected chi connectivity index (χ0v) is 13.2. The van der Waals surface area contributed by atoms with Crippen LogP contribution in [0, 0.1) is 0 Å². The average Bonchev–Trinajstić information content (AvgIpc) is 2.84. The molecule has 1 unspecified atom stereocenters. The third-order valence-electron chi connectivity index (χ3n) is 3.07. The Bertz CT molecular complexity index is 555. The van der Waals surface area contributed by atoms with E-state index in [2.05, 4.69) is 38.3 Å². The molecule has 0 saturated heterocycles. The number of rotatable bonds is 5. The van der Waals surface area contributed by atoms with Crippen molar-refractivity contribution in [2.45, 2.75) is 25.9 Å². The minimum atomic E-state index is 0.168. The maximum absolute atomic E-state index is 5.98. The van der Waals surface area contributed by atoms with Crippen molar-refractivity contribution in [1.29, 1.82) is 0 Å². The van der Waals surface area contributed by atoms with Gasteiger partial charge in [0.1, 0.15) is 12.2 Å². The van der Waals surface area contributed by atoms with E-state index in [9.17, 15) is 0 Å². The van der Waals surface area contributed by atoms with Gasteiger partial charge < -0.3 is 5.32 Å². The summed E-state index contributed by atoms with van der Waals surface area (Å²) in [5.41, 5.74) is 1.16. The van der Waals surface area contributed by atoms with Crippen LogP contribution in [0.1, 0.15) is 24.4 Å². The lowest BCUT2D eigenvalue weighted by Gasteiger charge is -2.18. The van der Waals surface area contributed by atoms with E-state index in [1.807, 2.05) is 29.9 Å². The van der Waals surface area contributed by atoms with E-state index in [1.54, 1.807) is 6.33 Å².